The Kier molecular flexibility index (Phi) is 12.0. The summed E-state index contributed by atoms with van der Waals surface area (Å²) in [6.07, 6.45) is 1.61. The van der Waals surface area contributed by atoms with Crippen LogP contribution in [0.4, 0.5) is 0 Å². The van der Waals surface area contributed by atoms with Crippen LogP contribution in [0.5, 0.6) is 0 Å². The molecule has 0 aromatic heterocycles. The maximum absolute atomic E-state index is 8.97. The van der Waals surface area contributed by atoms with Gasteiger partial charge in [-0.2, -0.15) is 0 Å². The van der Waals surface area contributed by atoms with Gasteiger partial charge in [0, 0.05) is 19.1 Å². The van der Waals surface area contributed by atoms with E-state index >= 15 is 0 Å². The number of aliphatic carboxylic acids is 1. The van der Waals surface area contributed by atoms with Crippen LogP contribution in [-0.4, -0.2) is 43.7 Å². The van der Waals surface area contributed by atoms with Crippen molar-refractivity contribution in [3.63, 3.8) is 0 Å². The first-order chi connectivity index (χ1) is 8.48. The Morgan fingerprint density at radius 2 is 1.47 bits per heavy atom. The molecule has 7 nitrogen and oxygen atoms in total. The molecule has 1 rings (SSSR count). The Hall–Kier alpha value is -0.0417. The van der Waals surface area contributed by atoms with Gasteiger partial charge >= 0.3 is 21.1 Å². The zero-order valence-electron chi connectivity index (χ0n) is 11.2. The fourth-order valence-electron chi connectivity index (χ4n) is 1.71. The van der Waals surface area contributed by atoms with Crippen LogP contribution in [0.3, 0.4) is 0 Å². The van der Waals surface area contributed by atoms with Gasteiger partial charge in [-0.3, -0.25) is 0 Å². The second kappa shape index (κ2) is 10.7. The Morgan fingerprint density at radius 1 is 1.16 bits per heavy atom. The van der Waals surface area contributed by atoms with Gasteiger partial charge in [0.05, 0.1) is 0 Å². The van der Waals surface area contributed by atoms with E-state index in [0.29, 0.717) is 13.1 Å². The summed E-state index contributed by atoms with van der Waals surface area (Å²) in [5.41, 5.74) is 11.1. The van der Waals surface area contributed by atoms with Crippen molar-refractivity contribution < 1.29 is 45.5 Å². The molecule has 8 heteroatoms. The molecule has 0 amide bonds. The summed E-state index contributed by atoms with van der Waals surface area (Å²) in [6.45, 7) is 3.92. The molecule has 0 radical (unpaired) electrons. The first-order valence-corrected chi connectivity index (χ1v) is 6.02. The Labute approximate surface area is 127 Å². The minimum Gasteiger partial charge on any atom is -0.850 e. The molecule has 0 bridgehead atoms. The topological polar surface area (TPSA) is 134 Å². The Balaban J connectivity index is 0. The van der Waals surface area contributed by atoms with Gasteiger partial charge in [0.25, 0.3) is 0 Å². The van der Waals surface area contributed by atoms with E-state index in [9.17, 15) is 0 Å². The molecule has 0 aromatic rings. The van der Waals surface area contributed by atoms with Crippen molar-refractivity contribution in [2.45, 2.75) is 44.7 Å². The van der Waals surface area contributed by atoms with E-state index in [-0.39, 0.29) is 33.3 Å². The van der Waals surface area contributed by atoms with Crippen LogP contribution in [0.1, 0.15) is 26.7 Å². The number of hydrogen-bond acceptors (Lipinski definition) is 7. The number of hydrogen-bond donors (Lipinski definition) is 2. The van der Waals surface area contributed by atoms with Crippen molar-refractivity contribution in [3.8, 4) is 0 Å². The van der Waals surface area contributed by atoms with Crippen molar-refractivity contribution in [1.29, 1.82) is 0 Å². The molecule has 116 valence electrons. The second-order valence-electron chi connectivity index (χ2n) is 3.92. The average Bonchev–Trinajstić information content (AvgIpc) is 2.78. The molecule has 0 aromatic carbocycles. The molecule has 0 unspecified atom stereocenters. The summed E-state index contributed by atoms with van der Waals surface area (Å²) in [4.78, 5) is 8.94. The fourth-order valence-corrected chi connectivity index (χ4v) is 1.71. The third kappa shape index (κ3) is 6.79. The van der Waals surface area contributed by atoms with E-state index in [1.807, 2.05) is 0 Å². The predicted molar refractivity (Wildman–Crippen MR) is 61.0 cm³/mol. The number of carboxylic acids is 1. The van der Waals surface area contributed by atoms with E-state index in [1.165, 1.54) is 0 Å². The van der Waals surface area contributed by atoms with E-state index < -0.39 is 18.4 Å². The summed E-state index contributed by atoms with van der Waals surface area (Å²) >= 11 is 0. The molecule has 19 heavy (non-hydrogen) atoms. The Bertz CT molecular complexity index is 237. The normalized spacial score (nSPS) is 24.1. The zero-order valence-corrected chi connectivity index (χ0v) is 13.5. The van der Waals surface area contributed by atoms with Crippen molar-refractivity contribution in [1.82, 2.24) is 0 Å². The molecule has 0 aliphatic carbocycles. The van der Waals surface area contributed by atoms with Gasteiger partial charge in [-0.1, -0.05) is 20.5 Å². The molecule has 2 atom stereocenters. The third-order valence-corrected chi connectivity index (χ3v) is 2.81. The molecule has 1 fully saturated rings. The first-order valence-electron chi connectivity index (χ1n) is 6.02. The number of carbonyl (C=O) groups is 1. The van der Waals surface area contributed by atoms with Crippen molar-refractivity contribution in [2.75, 3.05) is 19.7 Å². The van der Waals surface area contributed by atoms with Gasteiger partial charge in [-0.05, 0) is 12.8 Å². The number of rotatable bonds is 5. The SMILES string of the molecule is CCC1(CC)O[C@@H](CN)[C@H](CN)O1.O=C([O-])C[O-].[Pt+2]. The van der Waals surface area contributed by atoms with Crippen LogP contribution in [0, 0.1) is 0 Å². The van der Waals surface area contributed by atoms with Crippen LogP contribution in [0.2, 0.25) is 0 Å². The average molecular weight is 457 g/mol. The minimum atomic E-state index is -1.55. The monoisotopic (exact) mass is 457 g/mol. The van der Waals surface area contributed by atoms with E-state index in [1.54, 1.807) is 0 Å². The number of carbonyl (C=O) groups excluding carboxylic acids is 1. The number of ether oxygens (including phenoxy) is 2. The summed E-state index contributed by atoms with van der Waals surface area (Å²) in [5, 5.41) is 17.9. The van der Waals surface area contributed by atoms with Crippen LogP contribution in [0.15, 0.2) is 0 Å². The molecule has 4 N–H and O–H groups in total. The third-order valence-electron chi connectivity index (χ3n) is 2.81. The zero-order chi connectivity index (χ0) is 14.2. The summed E-state index contributed by atoms with van der Waals surface area (Å²) in [5.74, 6) is -1.99. The van der Waals surface area contributed by atoms with E-state index in [4.69, 9.17) is 35.9 Å². The Morgan fingerprint density at radius 3 is 1.63 bits per heavy atom. The van der Waals surface area contributed by atoms with Gasteiger partial charge in [-0.25, -0.2) is 0 Å². The molecule has 1 aliphatic heterocycles. The summed E-state index contributed by atoms with van der Waals surface area (Å²) < 4.78 is 11.5. The first kappa shape index (κ1) is 21.3. The molecule has 0 saturated carbocycles. The van der Waals surface area contributed by atoms with Crippen LogP contribution in [0.25, 0.3) is 0 Å². The van der Waals surface area contributed by atoms with E-state index in [2.05, 4.69) is 13.8 Å². The predicted octanol–water partition coefficient (Wildman–Crippen LogP) is -2.70. The maximum Gasteiger partial charge on any atom is 2.00 e. The van der Waals surface area contributed by atoms with Crippen LogP contribution >= 0.6 is 0 Å². The van der Waals surface area contributed by atoms with Gasteiger partial charge in [0.15, 0.2) is 5.79 Å². The molecule has 0 spiro atoms. The molecule has 1 aliphatic rings. The van der Waals surface area contributed by atoms with Gasteiger partial charge in [0.2, 0.25) is 0 Å². The van der Waals surface area contributed by atoms with Crippen LogP contribution in [-0.2, 0) is 35.3 Å². The summed E-state index contributed by atoms with van der Waals surface area (Å²) in [7, 11) is 0. The molecule has 1 heterocycles. The minimum absolute atomic E-state index is 0. The van der Waals surface area contributed by atoms with Crippen LogP contribution < -0.4 is 21.7 Å². The van der Waals surface area contributed by atoms with Crippen molar-refractivity contribution >= 4 is 5.97 Å². The standard InChI is InChI=1S/C9H20N2O2.C2H3O3.Pt/c1-3-9(4-2)12-7(5-10)8(6-11)13-9;3-1-2(4)5;/h7-8H,3-6,10-11H2,1-2H3;1H2,(H,4,5);/q;-1;+2/p-1/t7-,8-;;/m0../s1. The van der Waals surface area contributed by atoms with Gasteiger partial charge in [-0.15, -0.1) is 0 Å². The van der Waals surface area contributed by atoms with Crippen molar-refractivity contribution in [2.24, 2.45) is 11.5 Å². The molecular weight excluding hydrogens is 435 g/mol. The van der Waals surface area contributed by atoms with Gasteiger partial charge in [0.1, 0.15) is 12.2 Å². The number of nitrogens with two attached hydrogens (primary N) is 2. The van der Waals surface area contributed by atoms with E-state index in [0.717, 1.165) is 12.8 Å². The molecule has 1 saturated heterocycles. The smallest absolute Gasteiger partial charge is 0.850 e. The van der Waals surface area contributed by atoms with Crippen molar-refractivity contribution in [3.05, 3.63) is 0 Å². The molecular formula is C11H22N2O5Pt. The number of carboxylic acid groups (broad SMARTS) is 1. The second-order valence-corrected chi connectivity index (χ2v) is 3.92. The largest absolute Gasteiger partial charge is 2.00 e. The quantitative estimate of drug-likeness (QED) is 0.459. The summed E-state index contributed by atoms with van der Waals surface area (Å²) in [6, 6.07) is 0. The maximum atomic E-state index is 8.97. The van der Waals surface area contributed by atoms with Gasteiger partial charge < -0.3 is 35.9 Å². The fraction of sp³-hybridized carbons (Fsp3) is 0.909.